The first kappa shape index (κ1) is 11.7. The molecule has 1 rings (SSSR count). The van der Waals surface area contributed by atoms with Crippen LogP contribution in [0, 0.1) is 5.41 Å². The summed E-state index contributed by atoms with van der Waals surface area (Å²) in [5.74, 6) is 0. The SMILES string of the molecule is COCCC1(CI)CN(C(C)C)C1. The summed E-state index contributed by atoms with van der Waals surface area (Å²) in [6.45, 7) is 7.98. The van der Waals surface area contributed by atoms with E-state index in [0.29, 0.717) is 11.5 Å². The van der Waals surface area contributed by atoms with Crippen LogP contribution in [0.4, 0.5) is 0 Å². The fourth-order valence-electron chi connectivity index (χ4n) is 1.81. The molecule has 78 valence electrons. The fraction of sp³-hybridized carbons (Fsp3) is 1.00. The van der Waals surface area contributed by atoms with Crippen LogP contribution in [0.25, 0.3) is 0 Å². The van der Waals surface area contributed by atoms with Gasteiger partial charge in [0.05, 0.1) is 0 Å². The van der Waals surface area contributed by atoms with Gasteiger partial charge < -0.3 is 4.74 Å². The summed E-state index contributed by atoms with van der Waals surface area (Å²) in [4.78, 5) is 2.54. The molecule has 1 saturated heterocycles. The second kappa shape index (κ2) is 4.94. The van der Waals surface area contributed by atoms with Crippen LogP contribution in [-0.2, 0) is 4.74 Å². The molecule has 0 atom stereocenters. The average molecular weight is 297 g/mol. The molecule has 0 aromatic heterocycles. The van der Waals surface area contributed by atoms with Crippen LogP contribution in [0.5, 0.6) is 0 Å². The molecule has 0 aromatic carbocycles. The first-order valence-corrected chi connectivity index (χ1v) is 6.45. The molecule has 0 saturated carbocycles. The fourth-order valence-corrected chi connectivity index (χ4v) is 2.67. The van der Waals surface area contributed by atoms with Crippen molar-refractivity contribution in [2.75, 3.05) is 31.2 Å². The minimum atomic E-state index is 0.556. The maximum atomic E-state index is 5.15. The molecule has 0 aliphatic carbocycles. The number of nitrogens with zero attached hydrogens (tertiary/aromatic N) is 1. The number of methoxy groups -OCH3 is 1. The van der Waals surface area contributed by atoms with Crippen LogP contribution in [0.3, 0.4) is 0 Å². The Balaban J connectivity index is 2.31. The minimum Gasteiger partial charge on any atom is -0.385 e. The number of alkyl halides is 1. The number of rotatable bonds is 5. The Morgan fingerprint density at radius 1 is 1.46 bits per heavy atom. The van der Waals surface area contributed by atoms with Gasteiger partial charge in [-0.1, -0.05) is 22.6 Å². The Hall–Kier alpha value is 0.650. The quantitative estimate of drug-likeness (QED) is 0.569. The lowest BCUT2D eigenvalue weighted by Crippen LogP contribution is -2.59. The number of hydrogen-bond acceptors (Lipinski definition) is 2. The Kier molecular flexibility index (Phi) is 4.45. The molecular formula is C10H20INO. The lowest BCUT2D eigenvalue weighted by atomic mass is 9.78. The van der Waals surface area contributed by atoms with Crippen molar-refractivity contribution in [2.24, 2.45) is 5.41 Å². The summed E-state index contributed by atoms with van der Waals surface area (Å²) < 4.78 is 6.41. The molecule has 2 nitrogen and oxygen atoms in total. The molecular weight excluding hydrogens is 277 g/mol. The minimum absolute atomic E-state index is 0.556. The van der Waals surface area contributed by atoms with Crippen LogP contribution in [0.2, 0.25) is 0 Å². The topological polar surface area (TPSA) is 12.5 Å². The molecule has 1 heterocycles. The zero-order valence-electron chi connectivity index (χ0n) is 8.85. The standard InChI is InChI=1S/C10H20INO/c1-9(2)12-7-10(6-11,8-12)4-5-13-3/h9H,4-8H2,1-3H3. The molecule has 0 aromatic rings. The molecule has 0 unspecified atom stereocenters. The molecule has 0 bridgehead atoms. The van der Waals surface area contributed by atoms with Crippen molar-refractivity contribution < 1.29 is 4.74 Å². The number of ether oxygens (including phenoxy) is 1. The van der Waals surface area contributed by atoms with E-state index in [1.54, 1.807) is 7.11 Å². The van der Waals surface area contributed by atoms with Gasteiger partial charge in [-0.15, -0.1) is 0 Å². The summed E-state index contributed by atoms with van der Waals surface area (Å²) >= 11 is 2.51. The Bertz CT molecular complexity index is 155. The highest BCUT2D eigenvalue weighted by atomic mass is 127. The molecule has 1 fully saturated rings. The molecule has 1 aliphatic rings. The molecule has 0 amide bonds. The third-order valence-corrected chi connectivity index (χ3v) is 4.55. The number of likely N-dealkylation sites (tertiary alicyclic amines) is 1. The van der Waals surface area contributed by atoms with Gasteiger partial charge in [0, 0.05) is 42.7 Å². The third-order valence-electron chi connectivity index (χ3n) is 2.93. The zero-order valence-corrected chi connectivity index (χ0v) is 11.0. The highest BCUT2D eigenvalue weighted by Crippen LogP contribution is 2.37. The highest BCUT2D eigenvalue weighted by Gasteiger charge is 2.42. The lowest BCUT2D eigenvalue weighted by molar-refractivity contribution is -0.0220. The van der Waals surface area contributed by atoms with Crippen molar-refractivity contribution in [1.82, 2.24) is 4.90 Å². The van der Waals surface area contributed by atoms with E-state index >= 15 is 0 Å². The van der Waals surface area contributed by atoms with E-state index in [1.807, 2.05) is 0 Å². The van der Waals surface area contributed by atoms with Gasteiger partial charge in [0.1, 0.15) is 0 Å². The number of hydrogen-bond donors (Lipinski definition) is 0. The normalized spacial score (nSPS) is 21.9. The summed E-state index contributed by atoms with van der Waals surface area (Å²) in [5.41, 5.74) is 0.556. The predicted molar refractivity (Wildman–Crippen MR) is 64.5 cm³/mol. The van der Waals surface area contributed by atoms with Crippen LogP contribution in [0.15, 0.2) is 0 Å². The van der Waals surface area contributed by atoms with E-state index in [2.05, 4.69) is 41.3 Å². The van der Waals surface area contributed by atoms with Crippen molar-refractivity contribution in [3.05, 3.63) is 0 Å². The largest absolute Gasteiger partial charge is 0.385 e. The first-order valence-electron chi connectivity index (χ1n) is 4.92. The van der Waals surface area contributed by atoms with Crippen molar-refractivity contribution in [3.8, 4) is 0 Å². The van der Waals surface area contributed by atoms with Gasteiger partial charge in [-0.05, 0) is 20.3 Å². The predicted octanol–water partition coefficient (Wildman–Crippen LogP) is 2.17. The van der Waals surface area contributed by atoms with Crippen molar-refractivity contribution in [3.63, 3.8) is 0 Å². The second-order valence-corrected chi connectivity index (χ2v) is 5.14. The highest BCUT2D eigenvalue weighted by molar-refractivity contribution is 14.1. The van der Waals surface area contributed by atoms with Crippen molar-refractivity contribution >= 4 is 22.6 Å². The van der Waals surface area contributed by atoms with Gasteiger partial charge in [0.25, 0.3) is 0 Å². The van der Waals surface area contributed by atoms with Crippen LogP contribution < -0.4 is 0 Å². The summed E-state index contributed by atoms with van der Waals surface area (Å²) in [6.07, 6.45) is 1.22. The molecule has 3 heteroatoms. The molecule has 0 N–H and O–H groups in total. The smallest absolute Gasteiger partial charge is 0.0468 e. The summed E-state index contributed by atoms with van der Waals surface area (Å²) in [6, 6.07) is 0.707. The van der Waals surface area contributed by atoms with Gasteiger partial charge in [0.15, 0.2) is 0 Å². The second-order valence-electron chi connectivity index (χ2n) is 4.38. The van der Waals surface area contributed by atoms with Gasteiger partial charge >= 0.3 is 0 Å². The first-order chi connectivity index (χ1) is 6.13. The summed E-state index contributed by atoms with van der Waals surface area (Å²) in [7, 11) is 1.79. The Morgan fingerprint density at radius 2 is 2.08 bits per heavy atom. The zero-order chi connectivity index (χ0) is 9.90. The molecule has 1 aliphatic heterocycles. The van der Waals surface area contributed by atoms with Crippen molar-refractivity contribution in [1.29, 1.82) is 0 Å². The van der Waals surface area contributed by atoms with Gasteiger partial charge in [-0.25, -0.2) is 0 Å². The maximum Gasteiger partial charge on any atom is 0.0468 e. The molecule has 0 spiro atoms. The van der Waals surface area contributed by atoms with Gasteiger partial charge in [0.2, 0.25) is 0 Å². The summed E-state index contributed by atoms with van der Waals surface area (Å²) in [5, 5.41) is 0. The lowest BCUT2D eigenvalue weighted by Gasteiger charge is -2.51. The van der Waals surface area contributed by atoms with E-state index in [1.165, 1.54) is 23.9 Å². The van der Waals surface area contributed by atoms with E-state index in [-0.39, 0.29) is 0 Å². The van der Waals surface area contributed by atoms with Gasteiger partial charge in [-0.3, -0.25) is 4.90 Å². The van der Waals surface area contributed by atoms with E-state index in [4.69, 9.17) is 4.74 Å². The molecule has 0 radical (unpaired) electrons. The maximum absolute atomic E-state index is 5.15. The van der Waals surface area contributed by atoms with Gasteiger partial charge in [-0.2, -0.15) is 0 Å². The Labute approximate surface area is 95.2 Å². The monoisotopic (exact) mass is 297 g/mol. The third kappa shape index (κ3) is 2.80. The molecule has 13 heavy (non-hydrogen) atoms. The van der Waals surface area contributed by atoms with E-state index < -0.39 is 0 Å². The van der Waals surface area contributed by atoms with Crippen LogP contribution in [-0.4, -0.2) is 42.2 Å². The van der Waals surface area contributed by atoms with E-state index in [9.17, 15) is 0 Å². The van der Waals surface area contributed by atoms with Crippen molar-refractivity contribution in [2.45, 2.75) is 26.3 Å². The van der Waals surface area contributed by atoms with Crippen LogP contribution in [0.1, 0.15) is 20.3 Å². The number of halogens is 1. The average Bonchev–Trinajstić information content (AvgIpc) is 2.03. The van der Waals surface area contributed by atoms with Crippen LogP contribution >= 0.6 is 22.6 Å². The Morgan fingerprint density at radius 3 is 2.46 bits per heavy atom. The van der Waals surface area contributed by atoms with E-state index in [0.717, 1.165) is 6.61 Å².